The Morgan fingerprint density at radius 1 is 1.00 bits per heavy atom. The number of rotatable bonds is 8. The molecule has 0 saturated heterocycles. The van der Waals surface area contributed by atoms with E-state index in [1.807, 2.05) is 0 Å². The highest BCUT2D eigenvalue weighted by molar-refractivity contribution is 6.32. The maximum absolute atomic E-state index is 10.2. The zero-order valence-electron chi connectivity index (χ0n) is 10.2. The number of carbonyl (C=O) groups excluding carboxylic acids is 1. The number of Topliss-reactive ketones (excluding diaryl/α,β-unsaturated/α-hetero) is 1. The molecule has 0 unspecified atom stereocenters. The Hall–Kier alpha value is -1.51. The summed E-state index contributed by atoms with van der Waals surface area (Å²) in [5.41, 5.74) is 15.3. The lowest BCUT2D eigenvalue weighted by atomic mass is 10.2. The number of aliphatic carboxylic acids is 2. The van der Waals surface area contributed by atoms with Gasteiger partial charge in [-0.15, -0.1) is 0 Å². The Morgan fingerprint density at radius 3 is 1.83 bits per heavy atom. The predicted molar refractivity (Wildman–Crippen MR) is 64.8 cm³/mol. The van der Waals surface area contributed by atoms with Crippen molar-refractivity contribution in [3.63, 3.8) is 0 Å². The van der Waals surface area contributed by atoms with Crippen LogP contribution in [0.3, 0.4) is 0 Å². The monoisotopic (exact) mass is 263 g/mol. The largest absolute Gasteiger partial charge is 0.480 e. The van der Waals surface area contributed by atoms with Crippen molar-refractivity contribution in [1.29, 1.82) is 0 Å². The van der Waals surface area contributed by atoms with E-state index in [9.17, 15) is 14.4 Å². The van der Waals surface area contributed by atoms with E-state index in [1.54, 1.807) is 0 Å². The second kappa shape index (κ2) is 12.0. The van der Waals surface area contributed by atoms with Gasteiger partial charge in [0.2, 0.25) is 5.78 Å². The SMILES string of the molecule is NCCCC(=O)C(=O)O.NCCC[C@H](N)C(=O)O. The molecule has 0 aromatic rings. The van der Waals surface area contributed by atoms with Gasteiger partial charge in [-0.05, 0) is 32.4 Å². The topological polar surface area (TPSA) is 170 Å². The van der Waals surface area contributed by atoms with Crippen LogP contribution in [0.25, 0.3) is 0 Å². The number of hydrogen-bond acceptors (Lipinski definition) is 6. The van der Waals surface area contributed by atoms with Crippen molar-refractivity contribution in [2.45, 2.75) is 31.7 Å². The van der Waals surface area contributed by atoms with Crippen molar-refractivity contribution in [2.24, 2.45) is 17.2 Å². The van der Waals surface area contributed by atoms with Gasteiger partial charge in [0.25, 0.3) is 0 Å². The van der Waals surface area contributed by atoms with Crippen LogP contribution in [0.2, 0.25) is 0 Å². The van der Waals surface area contributed by atoms with E-state index in [0.29, 0.717) is 32.4 Å². The minimum absolute atomic E-state index is 0.0475. The van der Waals surface area contributed by atoms with Crippen LogP contribution in [0.5, 0.6) is 0 Å². The molecule has 0 rings (SSSR count). The summed E-state index contributed by atoms with van der Waals surface area (Å²) >= 11 is 0. The van der Waals surface area contributed by atoms with Gasteiger partial charge in [0.1, 0.15) is 6.04 Å². The molecule has 0 aromatic heterocycles. The molecular formula is C10H21N3O5. The number of ketones is 1. The van der Waals surface area contributed by atoms with Gasteiger partial charge in [-0.3, -0.25) is 9.59 Å². The number of carboxylic acid groups (broad SMARTS) is 2. The summed E-state index contributed by atoms with van der Waals surface area (Å²) in [5.74, 6) is -3.09. The number of carboxylic acids is 2. The normalized spacial score (nSPS) is 11.1. The van der Waals surface area contributed by atoms with Gasteiger partial charge in [0, 0.05) is 6.42 Å². The molecule has 1 atom stereocenters. The first-order valence-corrected chi connectivity index (χ1v) is 5.51. The Kier molecular flexibility index (Phi) is 12.5. The third-order valence-electron chi connectivity index (χ3n) is 1.88. The zero-order chi connectivity index (χ0) is 14.6. The van der Waals surface area contributed by atoms with Gasteiger partial charge in [-0.2, -0.15) is 0 Å². The molecule has 0 bridgehead atoms. The molecule has 8 N–H and O–H groups in total. The highest BCUT2D eigenvalue weighted by atomic mass is 16.4. The van der Waals surface area contributed by atoms with E-state index in [1.165, 1.54) is 0 Å². The molecule has 0 saturated carbocycles. The van der Waals surface area contributed by atoms with Crippen LogP contribution in [0.1, 0.15) is 25.7 Å². The fraction of sp³-hybridized carbons (Fsp3) is 0.700. The van der Waals surface area contributed by atoms with Crippen LogP contribution in [0.15, 0.2) is 0 Å². The van der Waals surface area contributed by atoms with Crippen LogP contribution in [-0.2, 0) is 14.4 Å². The molecule has 0 spiro atoms. The van der Waals surface area contributed by atoms with Gasteiger partial charge in [0.05, 0.1) is 0 Å². The van der Waals surface area contributed by atoms with E-state index >= 15 is 0 Å². The van der Waals surface area contributed by atoms with E-state index < -0.39 is 23.8 Å². The Morgan fingerprint density at radius 2 is 1.50 bits per heavy atom. The summed E-state index contributed by atoms with van der Waals surface area (Å²) < 4.78 is 0. The van der Waals surface area contributed by atoms with Gasteiger partial charge in [-0.1, -0.05) is 0 Å². The molecule has 0 aliphatic rings. The van der Waals surface area contributed by atoms with Crippen LogP contribution < -0.4 is 17.2 Å². The average molecular weight is 263 g/mol. The van der Waals surface area contributed by atoms with Crippen LogP contribution in [0, 0.1) is 0 Å². The van der Waals surface area contributed by atoms with E-state index in [-0.39, 0.29) is 6.42 Å². The molecule has 0 aliphatic carbocycles. The second-order valence-electron chi connectivity index (χ2n) is 3.50. The minimum Gasteiger partial charge on any atom is -0.480 e. The van der Waals surface area contributed by atoms with Crippen molar-refractivity contribution in [2.75, 3.05) is 13.1 Å². The van der Waals surface area contributed by atoms with Crippen LogP contribution in [0.4, 0.5) is 0 Å². The molecule has 0 radical (unpaired) electrons. The first-order chi connectivity index (χ1) is 8.36. The van der Waals surface area contributed by atoms with E-state index in [4.69, 9.17) is 27.4 Å². The standard InChI is InChI=1S/C5H12N2O2.C5H9NO3/c2*6-3-1-2-4(7)5(8)9/h4H,1-3,6-7H2,(H,8,9);1-3,6H2,(H,8,9)/t4-;/m0./s1. The molecular weight excluding hydrogens is 242 g/mol. The van der Waals surface area contributed by atoms with Crippen LogP contribution in [-0.4, -0.2) is 47.1 Å². The maximum atomic E-state index is 10.2. The number of nitrogens with two attached hydrogens (primary N) is 3. The van der Waals surface area contributed by atoms with Crippen molar-refractivity contribution >= 4 is 17.7 Å². The molecule has 0 amide bonds. The van der Waals surface area contributed by atoms with Gasteiger partial charge in [0.15, 0.2) is 0 Å². The molecule has 0 heterocycles. The fourth-order valence-corrected chi connectivity index (χ4v) is 0.831. The smallest absolute Gasteiger partial charge is 0.372 e. The molecule has 0 aliphatic heterocycles. The van der Waals surface area contributed by atoms with Crippen LogP contribution >= 0.6 is 0 Å². The molecule has 0 fully saturated rings. The summed E-state index contributed by atoms with van der Waals surface area (Å²) in [4.78, 5) is 30.1. The summed E-state index contributed by atoms with van der Waals surface area (Å²) in [6.45, 7) is 0.861. The lowest BCUT2D eigenvalue weighted by Gasteiger charge is -2.02. The first-order valence-electron chi connectivity index (χ1n) is 5.51. The molecule has 8 heteroatoms. The lowest BCUT2D eigenvalue weighted by molar-refractivity contribution is -0.149. The third-order valence-corrected chi connectivity index (χ3v) is 1.88. The molecule has 0 aromatic carbocycles. The van der Waals surface area contributed by atoms with E-state index in [2.05, 4.69) is 0 Å². The van der Waals surface area contributed by atoms with Crippen molar-refractivity contribution in [3.05, 3.63) is 0 Å². The average Bonchev–Trinajstić information content (AvgIpc) is 2.33. The van der Waals surface area contributed by atoms with Crippen molar-refractivity contribution in [1.82, 2.24) is 0 Å². The molecule has 8 nitrogen and oxygen atoms in total. The maximum Gasteiger partial charge on any atom is 0.372 e. The predicted octanol–water partition coefficient (Wildman–Crippen LogP) is -1.48. The highest BCUT2D eigenvalue weighted by Gasteiger charge is 2.09. The van der Waals surface area contributed by atoms with Gasteiger partial charge >= 0.3 is 11.9 Å². The third kappa shape index (κ3) is 12.6. The number of carbonyl (C=O) groups is 3. The lowest BCUT2D eigenvalue weighted by Crippen LogP contribution is -2.30. The Bertz CT molecular complexity index is 270. The summed E-state index contributed by atoms with van der Waals surface area (Å²) in [7, 11) is 0. The fourth-order valence-electron chi connectivity index (χ4n) is 0.831. The summed E-state index contributed by atoms with van der Waals surface area (Å²) in [6, 6.07) is -0.742. The Balaban J connectivity index is 0. The summed E-state index contributed by atoms with van der Waals surface area (Å²) in [6.07, 6.45) is 1.64. The quantitative estimate of drug-likeness (QED) is 0.330. The van der Waals surface area contributed by atoms with E-state index in [0.717, 1.165) is 0 Å². The Labute approximate surface area is 105 Å². The summed E-state index contributed by atoms with van der Waals surface area (Å²) in [5, 5.41) is 16.3. The molecule has 106 valence electrons. The zero-order valence-corrected chi connectivity index (χ0v) is 10.2. The molecule has 18 heavy (non-hydrogen) atoms. The number of hydrogen-bond donors (Lipinski definition) is 5. The van der Waals surface area contributed by atoms with Crippen molar-refractivity contribution < 1.29 is 24.6 Å². The minimum atomic E-state index is -1.37. The van der Waals surface area contributed by atoms with Gasteiger partial charge < -0.3 is 27.4 Å². The van der Waals surface area contributed by atoms with Crippen molar-refractivity contribution in [3.8, 4) is 0 Å². The second-order valence-corrected chi connectivity index (χ2v) is 3.50. The first kappa shape index (κ1) is 18.8. The van der Waals surface area contributed by atoms with Gasteiger partial charge in [-0.25, -0.2) is 4.79 Å². The highest BCUT2D eigenvalue weighted by Crippen LogP contribution is 1.91.